The summed E-state index contributed by atoms with van der Waals surface area (Å²) in [7, 11) is 0. The van der Waals surface area contributed by atoms with Crippen LogP contribution in [0.4, 0.5) is 4.39 Å². The standard InChI is InChI=1S/C24H27FN6O/c1-3-19-22-12-21(28-31(22)14-16(2)26-19)20-13-24(32)30-15-18(4-5-23(30)27-20)17-6-9-29(10-7-17)11-8-25/h4-5,12-15,17H,3,6-11H2,1-2H3. The number of rotatable bonds is 5. The molecule has 4 aromatic rings. The lowest BCUT2D eigenvalue weighted by Crippen LogP contribution is -2.34. The van der Waals surface area contributed by atoms with Crippen LogP contribution in [0.25, 0.3) is 22.6 Å². The van der Waals surface area contributed by atoms with E-state index in [1.807, 2.05) is 36.0 Å². The first-order valence-corrected chi connectivity index (χ1v) is 11.2. The summed E-state index contributed by atoms with van der Waals surface area (Å²) in [5, 5.41) is 4.65. The van der Waals surface area contributed by atoms with Gasteiger partial charge in [-0.05, 0) is 62.9 Å². The molecule has 1 aliphatic rings. The summed E-state index contributed by atoms with van der Waals surface area (Å²) in [6, 6.07) is 7.47. The van der Waals surface area contributed by atoms with Crippen molar-refractivity contribution >= 4 is 11.2 Å². The van der Waals surface area contributed by atoms with Crippen molar-refractivity contribution in [3.8, 4) is 11.4 Å². The van der Waals surface area contributed by atoms with Gasteiger partial charge in [0.2, 0.25) is 0 Å². The molecule has 1 aliphatic heterocycles. The minimum atomic E-state index is -0.299. The molecule has 0 amide bonds. The molecule has 7 nitrogen and oxygen atoms in total. The molecule has 32 heavy (non-hydrogen) atoms. The lowest BCUT2D eigenvalue weighted by atomic mass is 9.90. The summed E-state index contributed by atoms with van der Waals surface area (Å²) in [5.41, 5.74) is 5.65. The van der Waals surface area contributed by atoms with E-state index in [-0.39, 0.29) is 12.2 Å². The average Bonchev–Trinajstić information content (AvgIpc) is 3.23. The fourth-order valence-electron chi connectivity index (χ4n) is 4.67. The second-order valence-electron chi connectivity index (χ2n) is 8.52. The van der Waals surface area contributed by atoms with Gasteiger partial charge in [-0.25, -0.2) is 13.9 Å². The largest absolute Gasteiger partial charge is 0.301 e. The van der Waals surface area contributed by atoms with Crippen LogP contribution < -0.4 is 5.56 Å². The van der Waals surface area contributed by atoms with E-state index in [2.05, 4.69) is 28.0 Å². The minimum Gasteiger partial charge on any atom is -0.301 e. The molecule has 5 rings (SSSR count). The molecule has 0 aromatic carbocycles. The fourth-order valence-corrected chi connectivity index (χ4v) is 4.67. The van der Waals surface area contributed by atoms with Crippen LogP contribution in [0.5, 0.6) is 0 Å². The first kappa shape index (κ1) is 20.8. The quantitative estimate of drug-likeness (QED) is 0.482. The van der Waals surface area contributed by atoms with E-state index in [4.69, 9.17) is 4.98 Å². The summed E-state index contributed by atoms with van der Waals surface area (Å²) in [6.45, 7) is 6.00. The molecule has 166 valence electrons. The molecule has 0 aliphatic carbocycles. The van der Waals surface area contributed by atoms with Gasteiger partial charge >= 0.3 is 0 Å². The van der Waals surface area contributed by atoms with Crippen LogP contribution in [-0.4, -0.2) is 55.2 Å². The highest BCUT2D eigenvalue weighted by Gasteiger charge is 2.21. The van der Waals surface area contributed by atoms with Gasteiger partial charge in [0.1, 0.15) is 18.0 Å². The Hall–Kier alpha value is -3.13. The number of fused-ring (bicyclic) bond motifs is 2. The first-order valence-electron chi connectivity index (χ1n) is 11.2. The van der Waals surface area contributed by atoms with Gasteiger partial charge in [0, 0.05) is 18.8 Å². The fraction of sp³-hybridized carbons (Fsp3) is 0.417. The number of hydrogen-bond donors (Lipinski definition) is 0. The van der Waals surface area contributed by atoms with Crippen LogP contribution in [0.15, 0.2) is 41.5 Å². The van der Waals surface area contributed by atoms with E-state index in [1.54, 1.807) is 10.5 Å². The Kier molecular flexibility index (Phi) is 5.46. The maximum absolute atomic E-state index is 13.0. The van der Waals surface area contributed by atoms with Crippen molar-refractivity contribution < 1.29 is 4.39 Å². The topological polar surface area (TPSA) is 67.8 Å². The molecular formula is C24H27FN6O. The van der Waals surface area contributed by atoms with E-state index < -0.39 is 0 Å². The SMILES string of the molecule is CCc1nc(C)cn2nc(-c3cc(=O)n4cc(C5CCN(CCF)CC5)ccc4n3)cc12. The van der Waals surface area contributed by atoms with Crippen molar-refractivity contribution in [2.45, 2.75) is 39.0 Å². The zero-order valence-electron chi connectivity index (χ0n) is 18.5. The number of piperidine rings is 1. The molecule has 1 fully saturated rings. The third-order valence-corrected chi connectivity index (χ3v) is 6.39. The predicted octanol–water partition coefficient (Wildman–Crippen LogP) is 3.42. The number of alkyl halides is 1. The second-order valence-corrected chi connectivity index (χ2v) is 8.52. The molecule has 8 heteroatoms. The number of likely N-dealkylation sites (tertiary alicyclic amines) is 1. The smallest absolute Gasteiger partial charge is 0.258 e. The number of nitrogens with zero attached hydrogens (tertiary/aromatic N) is 6. The van der Waals surface area contributed by atoms with Gasteiger partial charge in [0.25, 0.3) is 5.56 Å². The van der Waals surface area contributed by atoms with Crippen LogP contribution >= 0.6 is 0 Å². The van der Waals surface area contributed by atoms with E-state index in [0.717, 1.165) is 54.8 Å². The average molecular weight is 435 g/mol. The summed E-state index contributed by atoms with van der Waals surface area (Å²) in [6.07, 6.45) is 6.55. The number of aromatic nitrogens is 5. The maximum Gasteiger partial charge on any atom is 0.258 e. The highest BCUT2D eigenvalue weighted by atomic mass is 19.1. The van der Waals surface area contributed by atoms with Crippen LogP contribution in [-0.2, 0) is 6.42 Å². The Morgan fingerprint density at radius 1 is 1.09 bits per heavy atom. The maximum atomic E-state index is 13.0. The second kappa shape index (κ2) is 8.43. The van der Waals surface area contributed by atoms with Gasteiger partial charge in [0.15, 0.2) is 0 Å². The molecule has 0 unspecified atom stereocenters. The van der Waals surface area contributed by atoms with Gasteiger partial charge in [0.05, 0.1) is 28.8 Å². The summed E-state index contributed by atoms with van der Waals surface area (Å²) in [5.74, 6) is 0.378. The van der Waals surface area contributed by atoms with Crippen molar-refractivity contribution in [1.29, 1.82) is 0 Å². The molecule has 0 saturated carbocycles. The zero-order valence-corrected chi connectivity index (χ0v) is 18.5. The Labute approximate surface area is 185 Å². The van der Waals surface area contributed by atoms with Gasteiger partial charge < -0.3 is 4.90 Å². The zero-order chi connectivity index (χ0) is 22.2. The van der Waals surface area contributed by atoms with Crippen molar-refractivity contribution in [2.24, 2.45) is 0 Å². The summed E-state index contributed by atoms with van der Waals surface area (Å²) in [4.78, 5) is 24.4. The monoisotopic (exact) mass is 434 g/mol. The molecule has 1 saturated heterocycles. The van der Waals surface area contributed by atoms with Gasteiger partial charge in [-0.1, -0.05) is 13.0 Å². The molecule has 5 heterocycles. The number of hydrogen-bond acceptors (Lipinski definition) is 5. The molecular weight excluding hydrogens is 407 g/mol. The predicted molar refractivity (Wildman–Crippen MR) is 122 cm³/mol. The third-order valence-electron chi connectivity index (χ3n) is 6.39. The Balaban J connectivity index is 1.48. The molecule has 0 spiro atoms. The van der Waals surface area contributed by atoms with Crippen LogP contribution in [0.3, 0.4) is 0 Å². The number of aryl methyl sites for hydroxylation is 2. The lowest BCUT2D eigenvalue weighted by Gasteiger charge is -2.31. The molecule has 0 radical (unpaired) electrons. The molecule has 0 atom stereocenters. The Bertz CT molecular complexity index is 1340. The van der Waals surface area contributed by atoms with Gasteiger partial charge in [-0.15, -0.1) is 0 Å². The summed E-state index contributed by atoms with van der Waals surface area (Å²) >= 11 is 0. The first-order chi connectivity index (χ1) is 15.6. The van der Waals surface area contributed by atoms with E-state index in [1.165, 1.54) is 0 Å². The van der Waals surface area contributed by atoms with Crippen molar-refractivity contribution in [2.75, 3.05) is 26.3 Å². The van der Waals surface area contributed by atoms with Crippen molar-refractivity contribution in [3.05, 3.63) is 64.0 Å². The number of halogens is 1. The third kappa shape index (κ3) is 3.79. The molecule has 0 bridgehead atoms. The van der Waals surface area contributed by atoms with E-state index in [0.29, 0.717) is 29.5 Å². The lowest BCUT2D eigenvalue weighted by molar-refractivity contribution is 0.197. The van der Waals surface area contributed by atoms with Gasteiger partial charge in [-0.2, -0.15) is 5.10 Å². The molecule has 4 aromatic heterocycles. The summed E-state index contributed by atoms with van der Waals surface area (Å²) < 4.78 is 16.0. The van der Waals surface area contributed by atoms with Gasteiger partial charge in [-0.3, -0.25) is 14.2 Å². The Morgan fingerprint density at radius 3 is 2.66 bits per heavy atom. The van der Waals surface area contributed by atoms with Crippen molar-refractivity contribution in [3.63, 3.8) is 0 Å². The number of pyridine rings is 1. The van der Waals surface area contributed by atoms with Crippen LogP contribution in [0.1, 0.15) is 42.6 Å². The van der Waals surface area contributed by atoms with Crippen molar-refractivity contribution in [1.82, 2.24) is 28.9 Å². The highest BCUT2D eigenvalue weighted by Crippen LogP contribution is 2.28. The van der Waals surface area contributed by atoms with E-state index >= 15 is 0 Å². The minimum absolute atomic E-state index is 0.121. The van der Waals surface area contributed by atoms with Crippen LogP contribution in [0, 0.1) is 6.92 Å². The molecule has 0 N–H and O–H groups in total. The highest BCUT2D eigenvalue weighted by molar-refractivity contribution is 5.66. The Morgan fingerprint density at radius 2 is 1.91 bits per heavy atom. The normalized spacial score (nSPS) is 15.7. The van der Waals surface area contributed by atoms with Crippen LogP contribution in [0.2, 0.25) is 0 Å². The van der Waals surface area contributed by atoms with E-state index in [9.17, 15) is 9.18 Å².